The van der Waals surface area contributed by atoms with Crippen molar-refractivity contribution in [3.8, 4) is 0 Å². The van der Waals surface area contributed by atoms with Crippen LogP contribution in [-0.4, -0.2) is 25.3 Å². The first kappa shape index (κ1) is 12.2. The van der Waals surface area contributed by atoms with Crippen molar-refractivity contribution in [2.75, 3.05) is 13.2 Å². The summed E-state index contributed by atoms with van der Waals surface area (Å²) in [5, 5.41) is 0. The van der Waals surface area contributed by atoms with Gasteiger partial charge in [0.1, 0.15) is 6.61 Å². The third-order valence-electron chi connectivity index (χ3n) is 4.81. The minimum absolute atomic E-state index is 0.212. The number of ether oxygens (including phenoxy) is 2. The van der Waals surface area contributed by atoms with Gasteiger partial charge in [0.25, 0.3) is 0 Å². The third-order valence-corrected chi connectivity index (χ3v) is 4.81. The highest BCUT2D eigenvalue weighted by atomic mass is 16.6. The summed E-state index contributed by atoms with van der Waals surface area (Å²) < 4.78 is 10.7. The molecule has 0 saturated heterocycles. The van der Waals surface area contributed by atoms with Gasteiger partial charge in [0.2, 0.25) is 0 Å². The van der Waals surface area contributed by atoms with Crippen molar-refractivity contribution < 1.29 is 14.3 Å². The van der Waals surface area contributed by atoms with E-state index in [1.165, 1.54) is 32.6 Å². The molecule has 4 bridgehead atoms. The summed E-state index contributed by atoms with van der Waals surface area (Å²) in [5.41, 5.74) is 3.30. The van der Waals surface area contributed by atoms with Crippen LogP contribution < -0.4 is 0 Å². The summed E-state index contributed by atoms with van der Waals surface area (Å²) in [4.78, 5) is 10.7. The molecule has 100 valence electrons. The Morgan fingerprint density at radius 1 is 1.28 bits per heavy atom. The molecule has 3 fully saturated rings. The number of carbonyl (C=O) groups is 1. The largest absolute Gasteiger partial charge is 0.463 e. The standard InChI is InChI=1S/C15H22O3/c1-9(17-3-4-18-10(2)16)14-7-11-5-12-8-13(6-11)15(12)14/h9,11-13H,3-8H2,1-2H3. The lowest BCUT2D eigenvalue weighted by atomic mass is 9.51. The van der Waals surface area contributed by atoms with Gasteiger partial charge in [-0.1, -0.05) is 5.57 Å². The van der Waals surface area contributed by atoms with Crippen molar-refractivity contribution in [3.05, 3.63) is 11.1 Å². The summed E-state index contributed by atoms with van der Waals surface area (Å²) in [6.45, 7) is 4.47. The number of carbonyl (C=O) groups excluding carboxylic acids is 1. The fourth-order valence-electron chi connectivity index (χ4n) is 4.15. The lowest BCUT2D eigenvalue weighted by Gasteiger charge is -2.54. The first-order chi connectivity index (χ1) is 8.65. The number of esters is 1. The van der Waals surface area contributed by atoms with Crippen molar-refractivity contribution in [2.45, 2.75) is 45.6 Å². The first-order valence-corrected chi connectivity index (χ1v) is 7.13. The lowest BCUT2D eigenvalue weighted by Crippen LogP contribution is -2.44. The van der Waals surface area contributed by atoms with Crippen LogP contribution in [0.15, 0.2) is 11.1 Å². The van der Waals surface area contributed by atoms with Gasteiger partial charge in [0, 0.05) is 6.92 Å². The average molecular weight is 250 g/mol. The van der Waals surface area contributed by atoms with Crippen LogP contribution in [0.3, 0.4) is 0 Å². The van der Waals surface area contributed by atoms with E-state index >= 15 is 0 Å². The van der Waals surface area contributed by atoms with E-state index in [0.29, 0.717) is 13.2 Å². The molecule has 3 heteroatoms. The summed E-state index contributed by atoms with van der Waals surface area (Å²) in [7, 11) is 0. The molecule has 3 unspecified atom stereocenters. The van der Waals surface area contributed by atoms with Crippen LogP contribution in [-0.2, 0) is 14.3 Å². The molecule has 0 amide bonds. The minimum Gasteiger partial charge on any atom is -0.463 e. The second kappa shape index (κ2) is 4.69. The summed E-state index contributed by atoms with van der Waals surface area (Å²) in [5.74, 6) is 2.46. The highest BCUT2D eigenvalue weighted by molar-refractivity contribution is 5.65. The van der Waals surface area contributed by atoms with Crippen LogP contribution >= 0.6 is 0 Å². The molecule has 5 aliphatic rings. The first-order valence-electron chi connectivity index (χ1n) is 7.13. The second-order valence-electron chi connectivity index (χ2n) is 6.00. The van der Waals surface area contributed by atoms with Crippen molar-refractivity contribution in [1.29, 1.82) is 0 Å². The molecule has 3 saturated carbocycles. The Labute approximate surface area is 109 Å². The Balaban J connectivity index is 1.54. The number of hydrogen-bond donors (Lipinski definition) is 0. The normalized spacial score (nSPS) is 34.2. The zero-order valence-corrected chi connectivity index (χ0v) is 11.3. The topological polar surface area (TPSA) is 35.5 Å². The third kappa shape index (κ3) is 2.09. The van der Waals surface area contributed by atoms with E-state index in [9.17, 15) is 4.79 Å². The fraction of sp³-hybridized carbons (Fsp3) is 0.800. The van der Waals surface area contributed by atoms with Gasteiger partial charge in [-0.15, -0.1) is 0 Å². The predicted molar refractivity (Wildman–Crippen MR) is 68.0 cm³/mol. The maximum absolute atomic E-state index is 10.7. The van der Waals surface area contributed by atoms with Gasteiger partial charge in [-0.3, -0.25) is 4.79 Å². The molecular weight excluding hydrogens is 228 g/mol. The molecule has 3 nitrogen and oxygen atoms in total. The van der Waals surface area contributed by atoms with Gasteiger partial charge in [-0.05, 0) is 55.9 Å². The van der Waals surface area contributed by atoms with Crippen molar-refractivity contribution in [2.24, 2.45) is 17.8 Å². The zero-order valence-electron chi connectivity index (χ0n) is 11.3. The van der Waals surface area contributed by atoms with E-state index in [4.69, 9.17) is 9.47 Å². The Morgan fingerprint density at radius 3 is 2.61 bits per heavy atom. The van der Waals surface area contributed by atoms with Crippen LogP contribution in [0.2, 0.25) is 0 Å². The minimum atomic E-state index is -0.230. The molecule has 5 aliphatic carbocycles. The number of hydrogen-bond acceptors (Lipinski definition) is 3. The van der Waals surface area contributed by atoms with Gasteiger partial charge >= 0.3 is 5.97 Å². The average Bonchev–Trinajstić information content (AvgIpc) is 2.33. The molecule has 0 heterocycles. The Kier molecular flexibility index (Phi) is 3.18. The SMILES string of the molecule is CC(=O)OCCOC(C)C1=C2C3CC(C1)CC2C3. The van der Waals surface area contributed by atoms with Crippen LogP contribution in [0.1, 0.15) is 39.5 Å². The number of allylic oxidation sites excluding steroid dienone is 1. The monoisotopic (exact) mass is 250 g/mol. The molecule has 0 N–H and O–H groups in total. The predicted octanol–water partition coefficient (Wildman–Crippen LogP) is 2.70. The van der Waals surface area contributed by atoms with E-state index in [1.54, 1.807) is 11.1 Å². The Bertz CT molecular complexity index is 371. The second-order valence-corrected chi connectivity index (χ2v) is 6.00. The van der Waals surface area contributed by atoms with Crippen LogP contribution in [0.5, 0.6) is 0 Å². The van der Waals surface area contributed by atoms with E-state index in [0.717, 1.165) is 17.8 Å². The summed E-state index contributed by atoms with van der Waals surface area (Å²) >= 11 is 0. The van der Waals surface area contributed by atoms with Crippen LogP contribution in [0, 0.1) is 17.8 Å². The molecule has 0 aliphatic heterocycles. The summed E-state index contributed by atoms with van der Waals surface area (Å²) in [6.07, 6.45) is 5.74. The maximum Gasteiger partial charge on any atom is 0.302 e. The molecule has 18 heavy (non-hydrogen) atoms. The van der Waals surface area contributed by atoms with Crippen molar-refractivity contribution in [3.63, 3.8) is 0 Å². The van der Waals surface area contributed by atoms with Crippen LogP contribution in [0.4, 0.5) is 0 Å². The lowest BCUT2D eigenvalue weighted by molar-refractivity contribution is -0.142. The Hall–Kier alpha value is -0.830. The van der Waals surface area contributed by atoms with Gasteiger partial charge in [0.05, 0.1) is 12.7 Å². The van der Waals surface area contributed by atoms with Crippen molar-refractivity contribution in [1.82, 2.24) is 0 Å². The highest BCUT2D eigenvalue weighted by Crippen LogP contribution is 2.59. The summed E-state index contributed by atoms with van der Waals surface area (Å²) in [6, 6.07) is 0. The molecule has 0 radical (unpaired) electrons. The van der Waals surface area contributed by atoms with Gasteiger partial charge < -0.3 is 9.47 Å². The van der Waals surface area contributed by atoms with Gasteiger partial charge in [0.15, 0.2) is 0 Å². The molecule has 0 aromatic carbocycles. The molecule has 0 spiro atoms. The van der Waals surface area contributed by atoms with Gasteiger partial charge in [-0.2, -0.15) is 0 Å². The number of rotatable bonds is 5. The Morgan fingerprint density at radius 2 is 2.00 bits per heavy atom. The molecule has 5 rings (SSSR count). The highest BCUT2D eigenvalue weighted by Gasteiger charge is 2.48. The van der Waals surface area contributed by atoms with Crippen molar-refractivity contribution >= 4 is 5.97 Å². The molecule has 3 atom stereocenters. The zero-order chi connectivity index (χ0) is 12.7. The van der Waals surface area contributed by atoms with E-state index in [2.05, 4.69) is 6.92 Å². The van der Waals surface area contributed by atoms with E-state index in [1.807, 2.05) is 0 Å². The maximum atomic E-state index is 10.7. The van der Waals surface area contributed by atoms with Gasteiger partial charge in [-0.25, -0.2) is 0 Å². The number of fused-ring (bicyclic) bond motifs is 1. The molecule has 0 aromatic rings. The quantitative estimate of drug-likeness (QED) is 0.427. The molecular formula is C15H22O3. The fourth-order valence-corrected chi connectivity index (χ4v) is 4.15. The van der Waals surface area contributed by atoms with E-state index in [-0.39, 0.29) is 12.1 Å². The van der Waals surface area contributed by atoms with E-state index < -0.39 is 0 Å². The smallest absolute Gasteiger partial charge is 0.302 e. The van der Waals surface area contributed by atoms with Crippen LogP contribution in [0.25, 0.3) is 0 Å². The molecule has 0 aromatic heterocycles.